The second-order valence-electron chi connectivity index (χ2n) is 12.8. The number of nitrogens with zero attached hydrogens (tertiary/aromatic N) is 3. The van der Waals surface area contributed by atoms with Crippen molar-refractivity contribution in [1.29, 1.82) is 0 Å². The van der Waals surface area contributed by atoms with Crippen molar-refractivity contribution in [2.75, 3.05) is 0 Å². The summed E-state index contributed by atoms with van der Waals surface area (Å²) in [5.41, 5.74) is 5.18. The van der Waals surface area contributed by atoms with Crippen molar-refractivity contribution in [2.24, 2.45) is 0 Å². The van der Waals surface area contributed by atoms with Crippen molar-refractivity contribution in [2.45, 2.75) is 0 Å². The Hall–Kier alpha value is -6.71. The molecule has 1 aromatic heterocycles. The molecule has 0 aliphatic carbocycles. The third-order valence-electron chi connectivity index (χ3n) is 9.89. The van der Waals surface area contributed by atoms with Crippen molar-refractivity contribution in [1.82, 2.24) is 15.0 Å². The Morgan fingerprint density at radius 2 is 0.620 bits per heavy atom. The Kier molecular flexibility index (Phi) is 6.49. The zero-order valence-electron chi connectivity index (χ0n) is 27.1. The molecule has 0 amide bonds. The normalized spacial score (nSPS) is 11.6. The van der Waals surface area contributed by atoms with Crippen LogP contribution in [0.3, 0.4) is 0 Å². The second kappa shape index (κ2) is 11.5. The first-order valence-electron chi connectivity index (χ1n) is 16.9. The van der Waals surface area contributed by atoms with E-state index in [4.69, 9.17) is 15.0 Å². The lowest BCUT2D eigenvalue weighted by Gasteiger charge is -2.13. The van der Waals surface area contributed by atoms with Gasteiger partial charge in [-0.2, -0.15) is 0 Å². The van der Waals surface area contributed by atoms with Gasteiger partial charge in [-0.15, -0.1) is 0 Å². The summed E-state index contributed by atoms with van der Waals surface area (Å²) in [6.45, 7) is 0. The van der Waals surface area contributed by atoms with Crippen LogP contribution >= 0.6 is 0 Å². The molecule has 0 aliphatic heterocycles. The monoisotopic (exact) mass is 635 g/mol. The summed E-state index contributed by atoms with van der Waals surface area (Å²) in [7, 11) is 0. The average Bonchev–Trinajstić information content (AvgIpc) is 3.20. The Morgan fingerprint density at radius 1 is 0.220 bits per heavy atom. The first kappa shape index (κ1) is 28.3. The molecule has 232 valence electrons. The summed E-state index contributed by atoms with van der Waals surface area (Å²) >= 11 is 0. The van der Waals surface area contributed by atoms with Crippen LogP contribution in [0.2, 0.25) is 0 Å². The molecule has 0 bridgehead atoms. The van der Waals surface area contributed by atoms with Gasteiger partial charge in [0.2, 0.25) is 0 Å². The van der Waals surface area contributed by atoms with E-state index in [9.17, 15) is 0 Å². The molecule has 0 N–H and O–H groups in total. The maximum Gasteiger partial charge on any atom is 0.164 e. The van der Waals surface area contributed by atoms with Crippen molar-refractivity contribution in [3.63, 3.8) is 0 Å². The Balaban J connectivity index is 1.17. The van der Waals surface area contributed by atoms with Crippen molar-refractivity contribution >= 4 is 53.9 Å². The van der Waals surface area contributed by atoms with E-state index in [-0.39, 0.29) is 0 Å². The predicted octanol–water partition coefficient (Wildman–Crippen LogP) is 12.3. The Labute approximate surface area is 289 Å². The van der Waals surface area contributed by atoms with Gasteiger partial charge in [-0.25, -0.2) is 15.0 Å². The van der Waals surface area contributed by atoms with Crippen LogP contribution in [0.25, 0.3) is 99.2 Å². The largest absolute Gasteiger partial charge is 0.208 e. The second-order valence-corrected chi connectivity index (χ2v) is 12.8. The molecule has 3 nitrogen and oxygen atoms in total. The molecular weight excluding hydrogens is 607 g/mol. The molecule has 0 radical (unpaired) electrons. The van der Waals surface area contributed by atoms with Gasteiger partial charge in [0.15, 0.2) is 17.5 Å². The van der Waals surface area contributed by atoms with Gasteiger partial charge in [0, 0.05) is 16.7 Å². The van der Waals surface area contributed by atoms with Crippen molar-refractivity contribution in [3.05, 3.63) is 176 Å². The molecule has 9 aromatic carbocycles. The third kappa shape index (κ3) is 4.71. The molecule has 0 unspecified atom stereocenters. The number of fused-ring (bicyclic) bond motifs is 9. The summed E-state index contributed by atoms with van der Waals surface area (Å²) in [5.74, 6) is 1.94. The molecule has 50 heavy (non-hydrogen) atoms. The number of hydrogen-bond acceptors (Lipinski definition) is 3. The molecule has 0 saturated heterocycles. The molecule has 1 heterocycles. The van der Waals surface area contributed by atoms with Crippen LogP contribution in [-0.4, -0.2) is 15.0 Å². The number of rotatable bonds is 4. The summed E-state index contributed by atoms with van der Waals surface area (Å²) in [4.78, 5) is 15.4. The number of benzene rings is 9. The molecule has 3 heteroatoms. The topological polar surface area (TPSA) is 38.7 Å². The van der Waals surface area contributed by atoms with Gasteiger partial charge < -0.3 is 0 Å². The smallest absolute Gasteiger partial charge is 0.164 e. The molecule has 0 spiro atoms. The molecule has 0 aliphatic rings. The fourth-order valence-corrected chi connectivity index (χ4v) is 7.40. The first-order chi connectivity index (χ1) is 24.8. The van der Waals surface area contributed by atoms with E-state index >= 15 is 0 Å². The predicted molar refractivity (Wildman–Crippen MR) is 209 cm³/mol. The van der Waals surface area contributed by atoms with Crippen LogP contribution in [0.5, 0.6) is 0 Å². The highest BCUT2D eigenvalue weighted by Gasteiger charge is 2.16. The maximum absolute atomic E-state index is 5.16. The van der Waals surface area contributed by atoms with Crippen molar-refractivity contribution < 1.29 is 0 Å². The molecule has 0 atom stereocenters. The lowest BCUT2D eigenvalue weighted by Crippen LogP contribution is -2.00. The van der Waals surface area contributed by atoms with Crippen LogP contribution in [0.1, 0.15) is 0 Å². The quantitative estimate of drug-likeness (QED) is 0.181. The number of hydrogen-bond donors (Lipinski definition) is 0. The minimum atomic E-state index is 0.645. The molecule has 0 saturated carbocycles. The fourth-order valence-electron chi connectivity index (χ4n) is 7.40. The Bertz CT molecular complexity index is 2880. The lowest BCUT2D eigenvalue weighted by atomic mass is 9.93. The van der Waals surface area contributed by atoms with E-state index in [2.05, 4.69) is 170 Å². The van der Waals surface area contributed by atoms with Gasteiger partial charge in [0.25, 0.3) is 0 Å². The highest BCUT2D eigenvalue weighted by Crippen LogP contribution is 2.37. The molecule has 10 aromatic rings. The van der Waals surface area contributed by atoms with Gasteiger partial charge in [0.1, 0.15) is 0 Å². The van der Waals surface area contributed by atoms with Gasteiger partial charge in [-0.3, -0.25) is 0 Å². The summed E-state index contributed by atoms with van der Waals surface area (Å²) in [6.07, 6.45) is 0. The van der Waals surface area contributed by atoms with Gasteiger partial charge in [-0.1, -0.05) is 164 Å². The van der Waals surface area contributed by atoms with E-state index in [0.717, 1.165) is 27.6 Å². The van der Waals surface area contributed by atoms with Gasteiger partial charge in [-0.05, 0) is 77.1 Å². The molecule has 0 fully saturated rings. The Morgan fingerprint density at radius 3 is 1.28 bits per heavy atom. The zero-order chi connectivity index (χ0) is 33.0. The average molecular weight is 636 g/mol. The zero-order valence-corrected chi connectivity index (χ0v) is 27.1. The minimum absolute atomic E-state index is 0.645. The van der Waals surface area contributed by atoms with Crippen LogP contribution in [0.15, 0.2) is 176 Å². The SMILES string of the molecule is c1ccc(-c2ccc(-c3nc(-c4ccc5c(ccc6ccccc65)c4)nc(-c4ccc5c6ccccc6c6ccccc6c5c4)n3)cc2)cc1. The summed E-state index contributed by atoms with van der Waals surface area (Å²) in [6, 6.07) is 62.3. The van der Waals surface area contributed by atoms with Gasteiger partial charge in [0.05, 0.1) is 0 Å². The van der Waals surface area contributed by atoms with E-state index in [1.165, 1.54) is 54.0 Å². The van der Waals surface area contributed by atoms with E-state index < -0.39 is 0 Å². The standard InChI is InChI=1S/C47H29N3/c1-2-10-30(11-3-1)31-18-21-33(22-19-31)45-48-46(35-24-26-38-34(28-35)23-20-32-12-4-5-13-37(32)38)50-47(49-45)36-25-27-43-41-16-7-6-14-39(41)40-15-8-9-17-42(40)44(43)29-36/h1-29H. The molecular formula is C47H29N3. The summed E-state index contributed by atoms with van der Waals surface area (Å²) in [5, 5.41) is 12.2. The fraction of sp³-hybridized carbons (Fsp3) is 0. The minimum Gasteiger partial charge on any atom is -0.208 e. The van der Waals surface area contributed by atoms with Gasteiger partial charge >= 0.3 is 0 Å². The van der Waals surface area contributed by atoms with Crippen LogP contribution in [-0.2, 0) is 0 Å². The van der Waals surface area contributed by atoms with Crippen molar-refractivity contribution in [3.8, 4) is 45.3 Å². The van der Waals surface area contributed by atoms with Crippen LogP contribution in [0.4, 0.5) is 0 Å². The number of aromatic nitrogens is 3. The summed E-state index contributed by atoms with van der Waals surface area (Å²) < 4.78 is 0. The highest BCUT2D eigenvalue weighted by molar-refractivity contribution is 6.25. The van der Waals surface area contributed by atoms with E-state index in [1.807, 2.05) is 6.07 Å². The molecule has 10 rings (SSSR count). The lowest BCUT2D eigenvalue weighted by molar-refractivity contribution is 1.08. The van der Waals surface area contributed by atoms with E-state index in [0.29, 0.717) is 17.5 Å². The van der Waals surface area contributed by atoms with E-state index in [1.54, 1.807) is 0 Å². The van der Waals surface area contributed by atoms with Crippen LogP contribution < -0.4 is 0 Å². The highest BCUT2D eigenvalue weighted by atomic mass is 15.0. The first-order valence-corrected chi connectivity index (χ1v) is 16.9. The third-order valence-corrected chi connectivity index (χ3v) is 9.89. The van der Waals surface area contributed by atoms with Crippen LogP contribution in [0, 0.1) is 0 Å². The maximum atomic E-state index is 5.16.